The number of hydrogen-bond acceptors (Lipinski definition) is 5. The highest BCUT2D eigenvalue weighted by Crippen LogP contribution is 2.23. The molecule has 4 rings (SSSR count). The minimum absolute atomic E-state index is 0.0599. The van der Waals surface area contributed by atoms with Gasteiger partial charge in [-0.15, -0.1) is 5.10 Å². The minimum atomic E-state index is -0.332. The van der Waals surface area contributed by atoms with E-state index in [2.05, 4.69) is 41.2 Å². The lowest BCUT2D eigenvalue weighted by molar-refractivity contribution is 0.0624. The van der Waals surface area contributed by atoms with Crippen molar-refractivity contribution in [3.05, 3.63) is 71.3 Å². The molecule has 0 unspecified atom stereocenters. The van der Waals surface area contributed by atoms with Crippen molar-refractivity contribution < 1.29 is 9.18 Å². The Balaban J connectivity index is 1.36. The largest absolute Gasteiger partial charge is 0.336 e. The van der Waals surface area contributed by atoms with E-state index in [4.69, 9.17) is 0 Å². The molecule has 7 nitrogen and oxygen atoms in total. The van der Waals surface area contributed by atoms with Crippen molar-refractivity contribution in [2.24, 2.45) is 0 Å². The highest BCUT2D eigenvalue weighted by Gasteiger charge is 2.24. The Labute approximate surface area is 181 Å². The Bertz CT molecular complexity index is 1050. The van der Waals surface area contributed by atoms with Crippen molar-refractivity contribution in [1.29, 1.82) is 0 Å². The summed E-state index contributed by atoms with van der Waals surface area (Å²) in [7, 11) is 0. The predicted octanol–water partition coefficient (Wildman–Crippen LogP) is 3.06. The first kappa shape index (κ1) is 21.1. The predicted molar refractivity (Wildman–Crippen MR) is 115 cm³/mol. The Hall–Kier alpha value is -3.13. The molecule has 8 heteroatoms. The van der Waals surface area contributed by atoms with Gasteiger partial charge in [-0.25, -0.2) is 4.39 Å². The van der Waals surface area contributed by atoms with Crippen LogP contribution in [0.2, 0.25) is 0 Å². The highest BCUT2D eigenvalue weighted by molar-refractivity contribution is 5.94. The standard InChI is InChI=1S/C23H27FN6O/c1-23(2,3)18-9-7-17(8-10-18)22(31)29-13-11-28(12-14-29)16-21-25-26-27-30(21)20-6-4-5-19(24)15-20/h4-10,15H,11-14,16H2,1-3H3. The molecule has 1 amide bonds. The van der Waals surface area contributed by atoms with Gasteiger partial charge in [0.2, 0.25) is 0 Å². The molecule has 0 N–H and O–H groups in total. The molecule has 1 aliphatic rings. The third-order valence-corrected chi connectivity index (χ3v) is 5.61. The van der Waals surface area contributed by atoms with Crippen LogP contribution >= 0.6 is 0 Å². The number of benzene rings is 2. The van der Waals surface area contributed by atoms with Crippen molar-refractivity contribution in [1.82, 2.24) is 30.0 Å². The monoisotopic (exact) mass is 422 g/mol. The van der Waals surface area contributed by atoms with Gasteiger partial charge < -0.3 is 4.90 Å². The number of rotatable bonds is 4. The molecule has 1 fully saturated rings. The quantitative estimate of drug-likeness (QED) is 0.647. The van der Waals surface area contributed by atoms with E-state index in [1.807, 2.05) is 29.2 Å². The van der Waals surface area contributed by atoms with Gasteiger partial charge in [0.15, 0.2) is 5.82 Å². The Morgan fingerprint density at radius 2 is 1.74 bits per heavy atom. The number of nitrogens with zero attached hydrogens (tertiary/aromatic N) is 6. The van der Waals surface area contributed by atoms with Crippen LogP contribution in [0.3, 0.4) is 0 Å². The molecule has 31 heavy (non-hydrogen) atoms. The zero-order valence-corrected chi connectivity index (χ0v) is 18.1. The number of carbonyl (C=O) groups excluding carboxylic acids is 1. The van der Waals surface area contributed by atoms with E-state index in [1.54, 1.807) is 16.8 Å². The van der Waals surface area contributed by atoms with Crippen LogP contribution < -0.4 is 0 Å². The van der Waals surface area contributed by atoms with E-state index in [1.165, 1.54) is 17.7 Å². The number of piperazine rings is 1. The topological polar surface area (TPSA) is 67.2 Å². The normalized spacial score (nSPS) is 15.3. The summed E-state index contributed by atoms with van der Waals surface area (Å²) in [5.74, 6) is 0.370. The van der Waals surface area contributed by atoms with Crippen LogP contribution in [0.5, 0.6) is 0 Å². The fraction of sp³-hybridized carbons (Fsp3) is 0.391. The van der Waals surface area contributed by atoms with E-state index in [-0.39, 0.29) is 17.1 Å². The molecule has 0 bridgehead atoms. The summed E-state index contributed by atoms with van der Waals surface area (Å²) in [5.41, 5.74) is 2.59. The van der Waals surface area contributed by atoms with Gasteiger partial charge in [-0.1, -0.05) is 39.0 Å². The van der Waals surface area contributed by atoms with E-state index in [0.29, 0.717) is 31.1 Å². The molecule has 162 valence electrons. The zero-order chi connectivity index (χ0) is 22.0. The maximum atomic E-state index is 13.6. The molecule has 0 spiro atoms. The average molecular weight is 423 g/mol. The number of halogens is 1. The van der Waals surface area contributed by atoms with Crippen molar-refractivity contribution in [2.45, 2.75) is 32.7 Å². The second kappa shape index (κ2) is 8.55. The SMILES string of the molecule is CC(C)(C)c1ccc(C(=O)N2CCN(Cc3nnnn3-c3cccc(F)c3)CC2)cc1. The summed E-state index contributed by atoms with van der Waals surface area (Å²) in [6, 6.07) is 14.1. The molecule has 3 aromatic rings. The number of hydrogen-bond donors (Lipinski definition) is 0. The van der Waals surface area contributed by atoms with Gasteiger partial charge in [0, 0.05) is 31.7 Å². The second-order valence-electron chi connectivity index (χ2n) is 8.88. The highest BCUT2D eigenvalue weighted by atomic mass is 19.1. The zero-order valence-electron chi connectivity index (χ0n) is 18.1. The summed E-state index contributed by atoms with van der Waals surface area (Å²) in [5, 5.41) is 11.9. The molecule has 2 aromatic carbocycles. The Morgan fingerprint density at radius 1 is 1.03 bits per heavy atom. The van der Waals surface area contributed by atoms with E-state index in [9.17, 15) is 9.18 Å². The third kappa shape index (κ3) is 4.80. The summed E-state index contributed by atoms with van der Waals surface area (Å²) < 4.78 is 15.1. The number of amides is 1. The first-order valence-corrected chi connectivity index (χ1v) is 10.5. The van der Waals surface area contributed by atoms with Gasteiger partial charge in [0.25, 0.3) is 5.91 Å². The van der Waals surface area contributed by atoms with Crippen LogP contribution in [0.1, 0.15) is 42.5 Å². The average Bonchev–Trinajstić information content (AvgIpc) is 3.21. The summed E-state index contributed by atoms with van der Waals surface area (Å²) in [6.45, 7) is 9.74. The van der Waals surface area contributed by atoms with Crippen molar-refractivity contribution in [3.63, 3.8) is 0 Å². The molecular weight excluding hydrogens is 395 g/mol. The fourth-order valence-electron chi connectivity index (χ4n) is 3.72. The smallest absolute Gasteiger partial charge is 0.253 e. The maximum absolute atomic E-state index is 13.6. The van der Waals surface area contributed by atoms with Crippen LogP contribution in [-0.4, -0.2) is 62.1 Å². The molecule has 1 aliphatic heterocycles. The van der Waals surface area contributed by atoms with E-state index in [0.717, 1.165) is 18.7 Å². The summed E-state index contributed by atoms with van der Waals surface area (Å²) in [6.07, 6.45) is 0. The van der Waals surface area contributed by atoms with Gasteiger partial charge in [0.05, 0.1) is 12.2 Å². The first-order valence-electron chi connectivity index (χ1n) is 10.5. The molecule has 0 saturated carbocycles. The lowest BCUT2D eigenvalue weighted by Gasteiger charge is -2.34. The third-order valence-electron chi connectivity index (χ3n) is 5.61. The van der Waals surface area contributed by atoms with Gasteiger partial charge in [-0.05, 0) is 51.7 Å². The summed E-state index contributed by atoms with van der Waals surface area (Å²) in [4.78, 5) is 17.0. The van der Waals surface area contributed by atoms with E-state index < -0.39 is 0 Å². The van der Waals surface area contributed by atoms with Crippen LogP contribution in [0.25, 0.3) is 5.69 Å². The van der Waals surface area contributed by atoms with Gasteiger partial charge in [0.1, 0.15) is 5.82 Å². The Kier molecular flexibility index (Phi) is 5.82. The lowest BCUT2D eigenvalue weighted by atomic mass is 9.86. The lowest BCUT2D eigenvalue weighted by Crippen LogP contribution is -2.48. The number of aromatic nitrogens is 4. The number of carbonyl (C=O) groups is 1. The van der Waals surface area contributed by atoms with Gasteiger partial charge >= 0.3 is 0 Å². The van der Waals surface area contributed by atoms with Crippen molar-refractivity contribution >= 4 is 5.91 Å². The van der Waals surface area contributed by atoms with Crippen LogP contribution in [0.4, 0.5) is 4.39 Å². The molecule has 0 atom stereocenters. The number of tetrazole rings is 1. The molecule has 0 radical (unpaired) electrons. The van der Waals surface area contributed by atoms with Crippen molar-refractivity contribution in [3.8, 4) is 5.69 Å². The minimum Gasteiger partial charge on any atom is -0.336 e. The maximum Gasteiger partial charge on any atom is 0.253 e. The Morgan fingerprint density at radius 3 is 2.39 bits per heavy atom. The molecule has 1 aromatic heterocycles. The molecular formula is C23H27FN6O. The first-order chi connectivity index (χ1) is 14.8. The van der Waals surface area contributed by atoms with Crippen LogP contribution in [0.15, 0.2) is 48.5 Å². The molecule has 0 aliphatic carbocycles. The fourth-order valence-corrected chi connectivity index (χ4v) is 3.72. The van der Waals surface area contributed by atoms with Crippen LogP contribution in [-0.2, 0) is 12.0 Å². The van der Waals surface area contributed by atoms with Crippen molar-refractivity contribution in [2.75, 3.05) is 26.2 Å². The van der Waals surface area contributed by atoms with Crippen LogP contribution in [0, 0.1) is 5.82 Å². The molecule has 1 saturated heterocycles. The summed E-state index contributed by atoms with van der Waals surface area (Å²) >= 11 is 0. The molecule has 2 heterocycles. The van der Waals surface area contributed by atoms with E-state index >= 15 is 0 Å². The second-order valence-corrected chi connectivity index (χ2v) is 8.88. The van der Waals surface area contributed by atoms with Gasteiger partial charge in [-0.2, -0.15) is 4.68 Å². The van der Waals surface area contributed by atoms with Gasteiger partial charge in [-0.3, -0.25) is 9.69 Å².